The Balaban J connectivity index is 1.92. The SMILES string of the molecule is O=C1c2cc(Cl)ccc2O[C@H]1[C@H](O)c1ccccc1. The maximum atomic E-state index is 12.2. The van der Waals surface area contributed by atoms with Gasteiger partial charge in [0.1, 0.15) is 11.9 Å². The minimum atomic E-state index is -0.986. The molecule has 0 radical (unpaired) electrons. The molecule has 4 heteroatoms. The Morgan fingerprint density at radius 3 is 2.63 bits per heavy atom. The number of benzene rings is 2. The smallest absolute Gasteiger partial charge is 0.210 e. The van der Waals surface area contributed by atoms with Gasteiger partial charge in [-0.25, -0.2) is 0 Å². The normalized spacial score (nSPS) is 18.8. The second-order valence-corrected chi connectivity index (χ2v) is 4.84. The molecule has 1 aliphatic rings. The number of Topliss-reactive ketones (excluding diaryl/α,β-unsaturated/α-hetero) is 1. The summed E-state index contributed by atoms with van der Waals surface area (Å²) in [5, 5.41) is 10.7. The molecular formula is C15H11ClO3. The van der Waals surface area contributed by atoms with Gasteiger partial charge in [0.05, 0.1) is 5.56 Å². The zero-order chi connectivity index (χ0) is 13.4. The van der Waals surface area contributed by atoms with Gasteiger partial charge in [-0.3, -0.25) is 4.79 Å². The zero-order valence-electron chi connectivity index (χ0n) is 9.92. The van der Waals surface area contributed by atoms with Gasteiger partial charge in [-0.15, -0.1) is 0 Å². The fraction of sp³-hybridized carbons (Fsp3) is 0.133. The summed E-state index contributed by atoms with van der Waals surface area (Å²) in [5.74, 6) is 0.225. The van der Waals surface area contributed by atoms with E-state index < -0.39 is 12.2 Å². The van der Waals surface area contributed by atoms with Crippen molar-refractivity contribution < 1.29 is 14.6 Å². The van der Waals surface area contributed by atoms with E-state index in [0.717, 1.165) is 0 Å². The van der Waals surface area contributed by atoms with E-state index in [1.165, 1.54) is 0 Å². The summed E-state index contributed by atoms with van der Waals surface area (Å²) in [6.07, 6.45) is -1.89. The van der Waals surface area contributed by atoms with Crippen molar-refractivity contribution in [1.29, 1.82) is 0 Å². The summed E-state index contributed by atoms with van der Waals surface area (Å²) in [5.41, 5.74) is 1.08. The topological polar surface area (TPSA) is 46.5 Å². The Kier molecular flexibility index (Phi) is 3.01. The molecule has 2 aromatic carbocycles. The van der Waals surface area contributed by atoms with Crippen molar-refractivity contribution in [3.63, 3.8) is 0 Å². The Bertz CT molecular complexity index is 625. The van der Waals surface area contributed by atoms with Crippen LogP contribution in [0.15, 0.2) is 48.5 Å². The lowest BCUT2D eigenvalue weighted by Crippen LogP contribution is -2.28. The highest BCUT2D eigenvalue weighted by atomic mass is 35.5. The molecule has 0 amide bonds. The number of fused-ring (bicyclic) bond motifs is 1. The first-order valence-corrected chi connectivity index (χ1v) is 6.28. The molecule has 0 spiro atoms. The molecule has 0 fully saturated rings. The summed E-state index contributed by atoms with van der Waals surface area (Å²) in [6, 6.07) is 13.9. The number of aliphatic hydroxyl groups excluding tert-OH is 1. The van der Waals surface area contributed by atoms with Gasteiger partial charge in [-0.05, 0) is 23.8 Å². The number of hydrogen-bond donors (Lipinski definition) is 1. The van der Waals surface area contributed by atoms with Crippen molar-refractivity contribution in [3.8, 4) is 5.75 Å². The Morgan fingerprint density at radius 2 is 1.89 bits per heavy atom. The third kappa shape index (κ3) is 2.11. The van der Waals surface area contributed by atoms with Gasteiger partial charge in [0, 0.05) is 5.02 Å². The molecule has 96 valence electrons. The molecule has 0 saturated carbocycles. The number of halogens is 1. The number of carbonyl (C=O) groups is 1. The van der Waals surface area contributed by atoms with Gasteiger partial charge >= 0.3 is 0 Å². The average Bonchev–Trinajstić information content (AvgIpc) is 2.76. The Hall–Kier alpha value is -1.84. The van der Waals surface area contributed by atoms with E-state index in [0.29, 0.717) is 21.9 Å². The summed E-state index contributed by atoms with van der Waals surface area (Å²) < 4.78 is 5.53. The third-order valence-corrected chi connectivity index (χ3v) is 3.38. The van der Waals surface area contributed by atoms with E-state index in [4.69, 9.17) is 16.3 Å². The number of aliphatic hydroxyl groups is 1. The third-order valence-electron chi connectivity index (χ3n) is 3.15. The molecule has 0 aliphatic carbocycles. The monoisotopic (exact) mass is 274 g/mol. The van der Waals surface area contributed by atoms with Gasteiger partial charge < -0.3 is 9.84 Å². The van der Waals surface area contributed by atoms with Crippen LogP contribution in [0.4, 0.5) is 0 Å². The van der Waals surface area contributed by atoms with Crippen LogP contribution in [0, 0.1) is 0 Å². The summed E-state index contributed by atoms with van der Waals surface area (Å²) in [6.45, 7) is 0. The van der Waals surface area contributed by atoms with E-state index in [1.807, 2.05) is 18.2 Å². The highest BCUT2D eigenvalue weighted by molar-refractivity contribution is 6.31. The number of hydrogen-bond acceptors (Lipinski definition) is 3. The largest absolute Gasteiger partial charge is 0.478 e. The number of carbonyl (C=O) groups excluding carboxylic acids is 1. The van der Waals surface area contributed by atoms with Crippen molar-refractivity contribution >= 4 is 17.4 Å². The lowest BCUT2D eigenvalue weighted by Gasteiger charge is -2.16. The number of ether oxygens (including phenoxy) is 1. The molecule has 3 rings (SSSR count). The highest BCUT2D eigenvalue weighted by Crippen LogP contribution is 2.35. The zero-order valence-corrected chi connectivity index (χ0v) is 10.7. The minimum absolute atomic E-state index is 0.242. The second kappa shape index (κ2) is 4.68. The van der Waals surface area contributed by atoms with Crippen LogP contribution in [0.1, 0.15) is 22.0 Å². The van der Waals surface area contributed by atoms with Crippen molar-refractivity contribution in [2.75, 3.05) is 0 Å². The van der Waals surface area contributed by atoms with Gasteiger partial charge in [-0.2, -0.15) is 0 Å². The van der Waals surface area contributed by atoms with Crippen LogP contribution < -0.4 is 4.74 Å². The van der Waals surface area contributed by atoms with Crippen LogP contribution >= 0.6 is 11.6 Å². The predicted octanol–water partition coefficient (Wildman–Crippen LogP) is 3.02. The second-order valence-electron chi connectivity index (χ2n) is 4.40. The van der Waals surface area contributed by atoms with E-state index in [9.17, 15) is 9.90 Å². The maximum Gasteiger partial charge on any atom is 0.210 e. The van der Waals surface area contributed by atoms with Crippen LogP contribution in [0.3, 0.4) is 0 Å². The van der Waals surface area contributed by atoms with Gasteiger partial charge in [-0.1, -0.05) is 41.9 Å². The van der Waals surface area contributed by atoms with Gasteiger partial charge in [0.15, 0.2) is 6.10 Å². The molecule has 1 N–H and O–H groups in total. The van der Waals surface area contributed by atoms with Gasteiger partial charge in [0.2, 0.25) is 5.78 Å². The average molecular weight is 275 g/mol. The molecule has 1 heterocycles. The molecule has 2 atom stereocenters. The van der Waals surface area contributed by atoms with Crippen molar-refractivity contribution in [2.45, 2.75) is 12.2 Å². The fourth-order valence-electron chi connectivity index (χ4n) is 2.17. The summed E-state index contributed by atoms with van der Waals surface area (Å²) in [4.78, 5) is 12.2. The van der Waals surface area contributed by atoms with E-state index in [1.54, 1.807) is 30.3 Å². The quantitative estimate of drug-likeness (QED) is 0.916. The molecule has 19 heavy (non-hydrogen) atoms. The first kappa shape index (κ1) is 12.2. The summed E-state index contributed by atoms with van der Waals surface area (Å²) in [7, 11) is 0. The van der Waals surface area contributed by atoms with Crippen LogP contribution in [-0.4, -0.2) is 17.0 Å². The van der Waals surface area contributed by atoms with Crippen molar-refractivity contribution in [1.82, 2.24) is 0 Å². The molecule has 1 aliphatic heterocycles. The van der Waals surface area contributed by atoms with Crippen molar-refractivity contribution in [2.24, 2.45) is 0 Å². The maximum absolute atomic E-state index is 12.2. The van der Waals surface area contributed by atoms with Crippen LogP contribution in [0.25, 0.3) is 0 Å². The van der Waals surface area contributed by atoms with Crippen LogP contribution in [0.5, 0.6) is 5.75 Å². The molecule has 0 saturated heterocycles. The highest BCUT2D eigenvalue weighted by Gasteiger charge is 2.38. The first-order chi connectivity index (χ1) is 9.16. The first-order valence-electron chi connectivity index (χ1n) is 5.90. The standard InChI is InChI=1S/C15H11ClO3/c16-10-6-7-12-11(8-10)14(18)15(19-12)13(17)9-4-2-1-3-5-9/h1-8,13,15,17H/t13-,15+/m1/s1. The van der Waals surface area contributed by atoms with Gasteiger partial charge in [0.25, 0.3) is 0 Å². The number of ketones is 1. The molecular weight excluding hydrogens is 264 g/mol. The molecule has 0 unspecified atom stereocenters. The van der Waals surface area contributed by atoms with E-state index >= 15 is 0 Å². The number of rotatable bonds is 2. The Labute approximate surface area is 115 Å². The van der Waals surface area contributed by atoms with Crippen molar-refractivity contribution in [3.05, 3.63) is 64.7 Å². The molecule has 0 aromatic heterocycles. The molecule has 3 nitrogen and oxygen atoms in total. The van der Waals surface area contributed by atoms with Crippen LogP contribution in [-0.2, 0) is 0 Å². The van der Waals surface area contributed by atoms with Crippen LogP contribution in [0.2, 0.25) is 5.02 Å². The minimum Gasteiger partial charge on any atom is -0.478 e. The van der Waals surface area contributed by atoms with E-state index in [-0.39, 0.29) is 5.78 Å². The lowest BCUT2D eigenvalue weighted by molar-refractivity contribution is 0.0407. The fourth-order valence-corrected chi connectivity index (χ4v) is 2.35. The Morgan fingerprint density at radius 1 is 1.16 bits per heavy atom. The summed E-state index contributed by atoms with van der Waals surface area (Å²) >= 11 is 5.86. The lowest BCUT2D eigenvalue weighted by atomic mass is 9.99. The predicted molar refractivity (Wildman–Crippen MR) is 71.6 cm³/mol. The molecule has 0 bridgehead atoms. The molecule has 2 aromatic rings. The van der Waals surface area contributed by atoms with E-state index in [2.05, 4.69) is 0 Å².